The maximum Gasteiger partial charge on any atom is 0.296 e. The maximum atomic E-state index is 13.1. The van der Waals surface area contributed by atoms with Crippen molar-refractivity contribution in [2.24, 2.45) is 7.05 Å². The van der Waals surface area contributed by atoms with Crippen molar-refractivity contribution in [2.45, 2.75) is 18.9 Å². The third-order valence-electron chi connectivity index (χ3n) is 5.23. The summed E-state index contributed by atoms with van der Waals surface area (Å²) >= 11 is 0. The van der Waals surface area contributed by atoms with Crippen LogP contribution in [-0.4, -0.2) is 37.5 Å². The van der Waals surface area contributed by atoms with Crippen LogP contribution in [-0.2, 0) is 7.05 Å². The lowest BCUT2D eigenvalue weighted by atomic mass is 9.93. The molecule has 3 heterocycles. The van der Waals surface area contributed by atoms with Crippen molar-refractivity contribution in [3.05, 3.63) is 88.7 Å². The largest absolute Gasteiger partial charge is 0.489 e. The molecule has 0 radical (unpaired) electrons. The standard InChI is InChI=1S/C22H22N6O4/c1-14(18(28-11-7-10-23-28)15-8-5-4-6-9-15)20-26-17(19(31-3)22(30)27(20)2)21(29)25-16-12-24-32-13-16/h4-14,18H,1-3H3,(H,25,29). The van der Waals surface area contributed by atoms with Crippen LogP contribution in [0.15, 0.2) is 70.6 Å². The van der Waals surface area contributed by atoms with Crippen molar-refractivity contribution in [1.29, 1.82) is 0 Å². The molecule has 0 aliphatic heterocycles. The molecule has 0 fully saturated rings. The predicted octanol–water partition coefficient (Wildman–Crippen LogP) is 2.62. The van der Waals surface area contributed by atoms with Crippen molar-refractivity contribution < 1.29 is 14.1 Å². The third-order valence-corrected chi connectivity index (χ3v) is 5.23. The number of carbonyl (C=O) groups excluding carboxylic acids is 1. The first kappa shape index (κ1) is 21.0. The molecule has 32 heavy (non-hydrogen) atoms. The van der Waals surface area contributed by atoms with Crippen LogP contribution in [0, 0.1) is 0 Å². The van der Waals surface area contributed by atoms with Gasteiger partial charge in [-0.2, -0.15) is 5.10 Å². The Labute approximate surface area is 183 Å². The molecule has 2 atom stereocenters. The molecule has 3 aromatic heterocycles. The van der Waals surface area contributed by atoms with Crippen LogP contribution in [0.4, 0.5) is 5.69 Å². The van der Waals surface area contributed by atoms with Crippen molar-refractivity contribution in [1.82, 2.24) is 24.5 Å². The lowest BCUT2D eigenvalue weighted by Crippen LogP contribution is -2.31. The summed E-state index contributed by atoms with van der Waals surface area (Å²) in [6.45, 7) is 1.94. The molecule has 2 unspecified atom stereocenters. The Hall–Kier alpha value is -4.21. The van der Waals surface area contributed by atoms with Gasteiger partial charge in [-0.25, -0.2) is 4.98 Å². The predicted molar refractivity (Wildman–Crippen MR) is 116 cm³/mol. The average Bonchev–Trinajstić information content (AvgIpc) is 3.51. The number of nitrogens with zero attached hydrogens (tertiary/aromatic N) is 5. The molecule has 10 nitrogen and oxygen atoms in total. The number of ether oxygens (including phenoxy) is 1. The summed E-state index contributed by atoms with van der Waals surface area (Å²) in [7, 11) is 2.94. The molecule has 4 rings (SSSR count). The fourth-order valence-corrected chi connectivity index (χ4v) is 3.71. The molecule has 1 amide bonds. The van der Waals surface area contributed by atoms with Crippen LogP contribution >= 0.6 is 0 Å². The maximum absolute atomic E-state index is 13.1. The Balaban J connectivity index is 1.82. The molecule has 0 aliphatic rings. The van der Waals surface area contributed by atoms with E-state index in [4.69, 9.17) is 9.26 Å². The number of anilines is 1. The first-order valence-electron chi connectivity index (χ1n) is 9.91. The third kappa shape index (κ3) is 3.89. The summed E-state index contributed by atoms with van der Waals surface area (Å²) in [5.41, 5.74) is 0.745. The van der Waals surface area contributed by atoms with Crippen LogP contribution < -0.4 is 15.6 Å². The number of benzene rings is 1. The summed E-state index contributed by atoms with van der Waals surface area (Å²) in [5.74, 6) is -0.655. The van der Waals surface area contributed by atoms with Gasteiger partial charge in [-0.15, -0.1) is 0 Å². The Morgan fingerprint density at radius 2 is 2.00 bits per heavy atom. The average molecular weight is 434 g/mol. The number of nitrogens with one attached hydrogen (secondary N) is 1. The fourth-order valence-electron chi connectivity index (χ4n) is 3.71. The molecule has 1 aromatic carbocycles. The quantitative estimate of drug-likeness (QED) is 0.475. The molecule has 4 aromatic rings. The smallest absolute Gasteiger partial charge is 0.296 e. The van der Waals surface area contributed by atoms with Crippen molar-refractivity contribution in [3.8, 4) is 5.75 Å². The normalized spacial score (nSPS) is 12.8. The van der Waals surface area contributed by atoms with Crippen LogP contribution in [0.25, 0.3) is 0 Å². The van der Waals surface area contributed by atoms with Crippen molar-refractivity contribution >= 4 is 11.6 Å². The van der Waals surface area contributed by atoms with Gasteiger partial charge in [0.25, 0.3) is 11.5 Å². The van der Waals surface area contributed by atoms with E-state index in [2.05, 4.69) is 20.6 Å². The second-order valence-corrected chi connectivity index (χ2v) is 7.21. The van der Waals surface area contributed by atoms with Gasteiger partial charge in [-0.05, 0) is 11.6 Å². The molecule has 164 valence electrons. The number of aromatic nitrogens is 5. The second-order valence-electron chi connectivity index (χ2n) is 7.21. The molecular weight excluding hydrogens is 412 g/mol. The molecule has 0 saturated carbocycles. The number of amides is 1. The van der Waals surface area contributed by atoms with Gasteiger partial charge in [0.2, 0.25) is 5.75 Å². The van der Waals surface area contributed by atoms with Gasteiger partial charge in [-0.1, -0.05) is 42.4 Å². The van der Waals surface area contributed by atoms with E-state index in [0.717, 1.165) is 5.56 Å². The van der Waals surface area contributed by atoms with Crippen LogP contribution in [0.1, 0.15) is 40.8 Å². The Morgan fingerprint density at radius 1 is 1.22 bits per heavy atom. The highest BCUT2D eigenvalue weighted by molar-refractivity contribution is 6.04. The first-order chi connectivity index (χ1) is 15.5. The van der Waals surface area contributed by atoms with E-state index >= 15 is 0 Å². The van der Waals surface area contributed by atoms with Gasteiger partial charge in [0.1, 0.15) is 17.8 Å². The summed E-state index contributed by atoms with van der Waals surface area (Å²) in [6.07, 6.45) is 6.17. The zero-order valence-electron chi connectivity index (χ0n) is 17.8. The van der Waals surface area contributed by atoms with Gasteiger partial charge in [0, 0.05) is 25.4 Å². The van der Waals surface area contributed by atoms with Crippen LogP contribution in [0.5, 0.6) is 5.75 Å². The molecule has 1 N–H and O–H groups in total. The Bertz CT molecular complexity index is 1250. The van der Waals surface area contributed by atoms with Crippen LogP contribution in [0.2, 0.25) is 0 Å². The van der Waals surface area contributed by atoms with Gasteiger partial charge < -0.3 is 14.6 Å². The highest BCUT2D eigenvalue weighted by Gasteiger charge is 2.30. The molecule has 0 bridgehead atoms. The molecule has 10 heteroatoms. The topological polar surface area (TPSA) is 117 Å². The number of rotatable bonds is 7. The minimum Gasteiger partial charge on any atom is -0.489 e. The summed E-state index contributed by atoms with van der Waals surface area (Å²) in [6, 6.07) is 11.4. The van der Waals surface area contributed by atoms with E-state index in [0.29, 0.717) is 11.5 Å². The Morgan fingerprint density at radius 3 is 2.62 bits per heavy atom. The van der Waals surface area contributed by atoms with E-state index in [1.165, 1.54) is 24.1 Å². The fraction of sp³-hybridized carbons (Fsp3) is 0.227. The summed E-state index contributed by atoms with van der Waals surface area (Å²) in [4.78, 5) is 30.5. The highest BCUT2D eigenvalue weighted by Crippen LogP contribution is 2.33. The minimum atomic E-state index is -0.605. The Kier molecular flexibility index (Phi) is 5.84. The number of hydrogen-bond acceptors (Lipinski definition) is 7. The van der Waals surface area contributed by atoms with E-state index in [9.17, 15) is 9.59 Å². The zero-order chi connectivity index (χ0) is 22.7. The molecular formula is C22H22N6O4. The number of hydrogen-bond donors (Lipinski definition) is 1. The van der Waals surface area contributed by atoms with E-state index in [1.807, 2.05) is 54.2 Å². The lowest BCUT2D eigenvalue weighted by Gasteiger charge is -2.26. The zero-order valence-corrected chi connectivity index (χ0v) is 17.8. The summed E-state index contributed by atoms with van der Waals surface area (Å²) in [5, 5.41) is 10.6. The van der Waals surface area contributed by atoms with Gasteiger partial charge in [0.15, 0.2) is 5.69 Å². The number of methoxy groups -OCH3 is 1. The first-order valence-corrected chi connectivity index (χ1v) is 9.91. The van der Waals surface area contributed by atoms with E-state index in [-0.39, 0.29) is 23.4 Å². The minimum absolute atomic E-state index is 0.120. The molecule has 0 saturated heterocycles. The lowest BCUT2D eigenvalue weighted by molar-refractivity contribution is 0.101. The summed E-state index contributed by atoms with van der Waals surface area (Å²) < 4.78 is 13.2. The molecule has 0 aliphatic carbocycles. The number of carbonyl (C=O) groups is 1. The van der Waals surface area contributed by atoms with E-state index in [1.54, 1.807) is 13.2 Å². The van der Waals surface area contributed by atoms with Gasteiger partial charge in [0.05, 0.1) is 19.3 Å². The van der Waals surface area contributed by atoms with Gasteiger partial charge >= 0.3 is 0 Å². The second kappa shape index (κ2) is 8.88. The monoisotopic (exact) mass is 434 g/mol. The van der Waals surface area contributed by atoms with Gasteiger partial charge in [-0.3, -0.25) is 18.8 Å². The molecule has 0 spiro atoms. The highest BCUT2D eigenvalue weighted by atomic mass is 16.5. The van der Waals surface area contributed by atoms with Crippen molar-refractivity contribution in [2.75, 3.05) is 12.4 Å². The van der Waals surface area contributed by atoms with Crippen molar-refractivity contribution in [3.63, 3.8) is 0 Å². The SMILES string of the molecule is COc1c(C(=O)Nc2cnoc2)nc(C(C)C(c2ccccc2)n2cccn2)n(C)c1=O. The van der Waals surface area contributed by atoms with E-state index < -0.39 is 11.5 Å². The van der Waals surface area contributed by atoms with Crippen LogP contribution in [0.3, 0.4) is 0 Å².